The third-order valence-corrected chi connectivity index (χ3v) is 10.3. The lowest BCUT2D eigenvalue weighted by Gasteiger charge is -2.28. The maximum atomic E-state index is 13.9. The van der Waals surface area contributed by atoms with Crippen LogP contribution in [0.15, 0.2) is 54.2 Å². The van der Waals surface area contributed by atoms with Gasteiger partial charge in [-0.15, -0.1) is 11.3 Å². The molecular weight excluding hydrogens is 572 g/mol. The average molecular weight is 611 g/mol. The van der Waals surface area contributed by atoms with Crippen molar-refractivity contribution in [1.82, 2.24) is 25.1 Å². The molecule has 1 saturated carbocycles. The number of carbonyl (C=O) groups is 2. The molecule has 3 aliphatic rings. The number of Topliss-reactive ketones (excluding diaryl/α,β-unsaturated/α-hetero) is 1. The van der Waals surface area contributed by atoms with Gasteiger partial charge in [0.25, 0.3) is 0 Å². The van der Waals surface area contributed by atoms with Gasteiger partial charge in [-0.3, -0.25) is 24.6 Å². The summed E-state index contributed by atoms with van der Waals surface area (Å²) in [5, 5.41) is 14.9. The fourth-order valence-electron chi connectivity index (χ4n) is 6.79. The van der Waals surface area contributed by atoms with Crippen LogP contribution in [0.1, 0.15) is 61.6 Å². The van der Waals surface area contributed by atoms with Gasteiger partial charge in [0.15, 0.2) is 0 Å². The molecule has 2 atom stereocenters. The number of amides is 1. The number of nitrogens with zero attached hydrogens (tertiary/aromatic N) is 4. The number of allylic oxidation sites excluding steroid dienone is 2. The molecule has 0 radical (unpaired) electrons. The second-order valence-corrected chi connectivity index (χ2v) is 13.4. The standard InChI is InChI=1S/C34H38N6O3S/c1-43-21-34(12-15-40(20-34)19-30(41)23-3-2-4-24(8-7-23)32-36-14-16-44-32)33(42)37-26-9-10-28-27(18-26)31(39-38-28)25-11-13-35-29(17-25)22-5-6-22/h4,9-11,13-14,16-18,22-23H,2-3,5-8,12,15,19-21H2,1H3,(H,37,42)(H,38,39)/t23?,34-/m1/s1. The molecule has 4 aromatic rings. The van der Waals surface area contributed by atoms with E-state index in [-0.39, 0.29) is 17.6 Å². The summed E-state index contributed by atoms with van der Waals surface area (Å²) < 4.78 is 5.59. The van der Waals surface area contributed by atoms with Crippen LogP contribution in [-0.4, -0.2) is 70.1 Å². The summed E-state index contributed by atoms with van der Waals surface area (Å²) in [7, 11) is 1.63. The lowest BCUT2D eigenvalue weighted by atomic mass is 9.86. The van der Waals surface area contributed by atoms with Crippen LogP contribution in [-0.2, 0) is 14.3 Å². The summed E-state index contributed by atoms with van der Waals surface area (Å²) in [5.41, 5.74) is 5.15. The number of methoxy groups -OCH3 is 1. The van der Waals surface area contributed by atoms with Gasteiger partial charge in [-0.1, -0.05) is 6.08 Å². The largest absolute Gasteiger partial charge is 0.384 e. The quantitative estimate of drug-likeness (QED) is 0.224. The molecule has 1 aliphatic heterocycles. The monoisotopic (exact) mass is 610 g/mol. The van der Waals surface area contributed by atoms with Crippen LogP contribution in [0.25, 0.3) is 27.7 Å². The van der Waals surface area contributed by atoms with Gasteiger partial charge in [-0.05, 0) is 87.4 Å². The third-order valence-electron chi connectivity index (χ3n) is 9.42. The number of carbonyl (C=O) groups excluding carboxylic acids is 2. The molecule has 0 bridgehead atoms. The van der Waals surface area contributed by atoms with Crippen molar-refractivity contribution in [3.05, 3.63) is 64.9 Å². The lowest BCUT2D eigenvalue weighted by Crippen LogP contribution is -2.43. The van der Waals surface area contributed by atoms with Crippen molar-refractivity contribution in [2.45, 2.75) is 50.9 Å². The first-order chi connectivity index (χ1) is 21.5. The van der Waals surface area contributed by atoms with Crippen molar-refractivity contribution in [2.24, 2.45) is 11.3 Å². The number of aromatic amines is 1. The Kier molecular flexibility index (Phi) is 8.14. The topological polar surface area (TPSA) is 113 Å². The zero-order valence-corrected chi connectivity index (χ0v) is 25.9. The highest BCUT2D eigenvalue weighted by Gasteiger charge is 2.45. The molecule has 1 amide bonds. The minimum absolute atomic E-state index is 0.0339. The van der Waals surface area contributed by atoms with E-state index in [0.29, 0.717) is 44.3 Å². The van der Waals surface area contributed by atoms with Crippen LogP contribution in [0.5, 0.6) is 0 Å². The SMILES string of the molecule is COC[C@@]1(C(=O)Nc2ccc3[nH]nc(-c4ccnc(C5CC5)c4)c3c2)CCN(CC(=O)C2CCC=C(c3nccs3)CC2)C1. The molecule has 3 aromatic heterocycles. The second kappa shape index (κ2) is 12.3. The summed E-state index contributed by atoms with van der Waals surface area (Å²) in [6.07, 6.45) is 12.5. The highest BCUT2D eigenvalue weighted by Crippen LogP contribution is 2.40. The van der Waals surface area contributed by atoms with Gasteiger partial charge in [-0.25, -0.2) is 4.98 Å². The number of hydrogen-bond donors (Lipinski definition) is 2. The van der Waals surface area contributed by atoms with Crippen molar-refractivity contribution in [1.29, 1.82) is 0 Å². The molecule has 228 valence electrons. The average Bonchev–Trinajstić information content (AvgIpc) is 3.47. The van der Waals surface area contributed by atoms with Crippen molar-refractivity contribution >= 4 is 45.2 Å². The van der Waals surface area contributed by atoms with E-state index in [4.69, 9.17) is 4.74 Å². The number of aromatic nitrogens is 4. The molecule has 1 aromatic carbocycles. The number of thiazole rings is 1. The number of pyridine rings is 1. The van der Waals surface area contributed by atoms with Crippen LogP contribution in [0.3, 0.4) is 0 Å². The summed E-state index contributed by atoms with van der Waals surface area (Å²) in [4.78, 5) is 38.4. The Morgan fingerprint density at radius 2 is 2.05 bits per heavy atom. The van der Waals surface area contributed by atoms with E-state index >= 15 is 0 Å². The fraction of sp³-hybridized carbons (Fsp3) is 0.441. The van der Waals surface area contributed by atoms with E-state index in [1.54, 1.807) is 18.4 Å². The van der Waals surface area contributed by atoms with Crippen LogP contribution in [0.4, 0.5) is 5.69 Å². The molecular formula is C34H38N6O3S. The van der Waals surface area contributed by atoms with E-state index in [9.17, 15) is 9.59 Å². The minimum Gasteiger partial charge on any atom is -0.384 e. The second-order valence-electron chi connectivity index (χ2n) is 12.6. The number of rotatable bonds is 10. The fourth-order valence-corrected chi connectivity index (χ4v) is 7.50. The Hall–Kier alpha value is -3.73. The Morgan fingerprint density at radius 1 is 1.14 bits per heavy atom. The molecule has 2 aliphatic carbocycles. The normalized spacial score (nSPS) is 22.6. The number of ether oxygens (including phenoxy) is 1. The van der Waals surface area contributed by atoms with Crippen LogP contribution in [0, 0.1) is 11.3 Å². The number of H-pyrrole nitrogens is 1. The smallest absolute Gasteiger partial charge is 0.234 e. The van der Waals surface area contributed by atoms with Gasteiger partial charge in [-0.2, -0.15) is 5.10 Å². The highest BCUT2D eigenvalue weighted by molar-refractivity contribution is 7.10. The molecule has 1 saturated heterocycles. The predicted octanol–water partition coefficient (Wildman–Crippen LogP) is 6.08. The Labute approximate surface area is 261 Å². The van der Waals surface area contributed by atoms with Gasteiger partial charge >= 0.3 is 0 Å². The van der Waals surface area contributed by atoms with E-state index in [0.717, 1.165) is 58.5 Å². The number of fused-ring (bicyclic) bond motifs is 1. The molecule has 7 rings (SSSR count). The van der Waals surface area contributed by atoms with Crippen molar-refractivity contribution < 1.29 is 14.3 Å². The molecule has 1 unspecified atom stereocenters. The Bertz CT molecular complexity index is 1690. The highest BCUT2D eigenvalue weighted by atomic mass is 32.1. The predicted molar refractivity (Wildman–Crippen MR) is 172 cm³/mol. The summed E-state index contributed by atoms with van der Waals surface area (Å²) in [6, 6.07) is 9.96. The number of anilines is 1. The third kappa shape index (κ3) is 5.98. The molecule has 10 heteroatoms. The zero-order valence-electron chi connectivity index (χ0n) is 25.1. The van der Waals surface area contributed by atoms with Crippen molar-refractivity contribution in [3.63, 3.8) is 0 Å². The van der Waals surface area contributed by atoms with Gasteiger partial charge in [0.2, 0.25) is 5.91 Å². The number of benzene rings is 1. The molecule has 2 fully saturated rings. The van der Waals surface area contributed by atoms with Gasteiger partial charge < -0.3 is 10.1 Å². The van der Waals surface area contributed by atoms with E-state index < -0.39 is 5.41 Å². The molecule has 2 N–H and O–H groups in total. The minimum atomic E-state index is -0.726. The Balaban J connectivity index is 1.01. The molecule has 4 heterocycles. The van der Waals surface area contributed by atoms with Crippen molar-refractivity contribution in [3.8, 4) is 11.3 Å². The summed E-state index contributed by atoms with van der Waals surface area (Å²) in [6.45, 7) is 1.85. The number of likely N-dealkylation sites (tertiary alicyclic amines) is 1. The Morgan fingerprint density at radius 3 is 2.86 bits per heavy atom. The van der Waals surface area contributed by atoms with Crippen LogP contribution < -0.4 is 5.32 Å². The maximum Gasteiger partial charge on any atom is 0.234 e. The first-order valence-electron chi connectivity index (χ1n) is 15.6. The molecule has 0 spiro atoms. The van der Waals surface area contributed by atoms with Gasteiger partial charge in [0, 0.05) is 65.6 Å². The maximum absolute atomic E-state index is 13.9. The number of hydrogen-bond acceptors (Lipinski definition) is 8. The lowest BCUT2D eigenvalue weighted by molar-refractivity contribution is -0.129. The number of ketones is 1. The van der Waals surface area contributed by atoms with E-state index in [2.05, 4.69) is 42.5 Å². The molecule has 44 heavy (non-hydrogen) atoms. The van der Waals surface area contributed by atoms with Gasteiger partial charge in [0.05, 0.1) is 24.1 Å². The van der Waals surface area contributed by atoms with E-state index in [1.807, 2.05) is 42.0 Å². The van der Waals surface area contributed by atoms with Gasteiger partial charge in [0.1, 0.15) is 16.5 Å². The van der Waals surface area contributed by atoms with Crippen LogP contribution >= 0.6 is 11.3 Å². The summed E-state index contributed by atoms with van der Waals surface area (Å²) in [5.74, 6) is 0.780. The molecule has 9 nitrogen and oxygen atoms in total. The zero-order chi connectivity index (χ0) is 30.1. The first kappa shape index (κ1) is 29.0. The number of nitrogens with one attached hydrogen (secondary N) is 2. The van der Waals surface area contributed by atoms with E-state index in [1.165, 1.54) is 18.4 Å². The van der Waals surface area contributed by atoms with Crippen LogP contribution in [0.2, 0.25) is 0 Å². The van der Waals surface area contributed by atoms with Crippen molar-refractivity contribution in [2.75, 3.05) is 38.7 Å². The first-order valence-corrected chi connectivity index (χ1v) is 16.5. The summed E-state index contributed by atoms with van der Waals surface area (Å²) >= 11 is 1.66.